The highest BCUT2D eigenvalue weighted by molar-refractivity contribution is 5.95. The van der Waals surface area contributed by atoms with Crippen LogP contribution in [0, 0.1) is 11.3 Å². The molecule has 170 valence electrons. The van der Waals surface area contributed by atoms with Gasteiger partial charge in [0.2, 0.25) is 5.56 Å². The van der Waals surface area contributed by atoms with Gasteiger partial charge < -0.3 is 14.7 Å². The maximum atomic E-state index is 12.5. The summed E-state index contributed by atoms with van der Waals surface area (Å²) in [5.41, 5.74) is 5.24. The summed E-state index contributed by atoms with van der Waals surface area (Å²) in [5, 5.41) is 23.1. The molecule has 0 fully saturated rings. The van der Waals surface area contributed by atoms with Gasteiger partial charge in [0.05, 0.1) is 29.9 Å². The van der Waals surface area contributed by atoms with Crippen LogP contribution in [0.15, 0.2) is 84.0 Å². The Kier molecular flexibility index (Phi) is 4.70. The zero-order valence-electron chi connectivity index (χ0n) is 19.1. The van der Waals surface area contributed by atoms with Crippen molar-refractivity contribution in [1.82, 2.24) is 14.5 Å². The van der Waals surface area contributed by atoms with Gasteiger partial charge >= 0.3 is 0 Å². The molecule has 3 aromatic carbocycles. The van der Waals surface area contributed by atoms with E-state index in [0.29, 0.717) is 34.3 Å². The summed E-state index contributed by atoms with van der Waals surface area (Å²) in [7, 11) is 1.85. The first-order chi connectivity index (χ1) is 17.0. The number of aliphatic hydroxyl groups is 1. The number of imidazole rings is 1. The van der Waals surface area contributed by atoms with Crippen LogP contribution in [0.3, 0.4) is 0 Å². The number of benzene rings is 3. The molecule has 1 aliphatic carbocycles. The monoisotopic (exact) mass is 458 g/mol. The Hall–Kier alpha value is -4.47. The molecular weight excluding hydrogens is 436 g/mol. The predicted molar refractivity (Wildman–Crippen MR) is 134 cm³/mol. The van der Waals surface area contributed by atoms with Gasteiger partial charge in [-0.3, -0.25) is 4.79 Å². The average Bonchev–Trinajstić information content (AvgIpc) is 3.32. The summed E-state index contributed by atoms with van der Waals surface area (Å²) in [5.74, 6) is 0. The van der Waals surface area contributed by atoms with E-state index in [2.05, 4.69) is 28.2 Å². The van der Waals surface area contributed by atoms with E-state index in [1.54, 1.807) is 29.2 Å². The maximum Gasteiger partial charge on any atom is 0.249 e. The van der Waals surface area contributed by atoms with Gasteiger partial charge in [-0.2, -0.15) is 5.26 Å². The van der Waals surface area contributed by atoms with Crippen molar-refractivity contribution in [1.29, 1.82) is 5.26 Å². The molecule has 6 heteroatoms. The fourth-order valence-corrected chi connectivity index (χ4v) is 5.19. The average molecular weight is 459 g/mol. The van der Waals surface area contributed by atoms with Crippen molar-refractivity contribution in [2.75, 3.05) is 0 Å². The largest absolute Gasteiger partial charge is 0.374 e. The number of nitriles is 1. The van der Waals surface area contributed by atoms with Gasteiger partial charge in [0.1, 0.15) is 0 Å². The summed E-state index contributed by atoms with van der Waals surface area (Å²) < 4.78 is 1.80. The highest BCUT2D eigenvalue weighted by Gasteiger charge is 2.37. The number of rotatable bonds is 1. The van der Waals surface area contributed by atoms with Crippen molar-refractivity contribution >= 4 is 10.9 Å². The van der Waals surface area contributed by atoms with E-state index in [1.165, 1.54) is 0 Å². The van der Waals surface area contributed by atoms with Crippen molar-refractivity contribution in [3.8, 4) is 17.2 Å². The second kappa shape index (κ2) is 7.79. The van der Waals surface area contributed by atoms with Gasteiger partial charge in [0.25, 0.3) is 0 Å². The molecule has 0 saturated carbocycles. The van der Waals surface area contributed by atoms with Crippen LogP contribution in [-0.2, 0) is 25.5 Å². The van der Waals surface area contributed by atoms with Crippen LogP contribution < -0.4 is 5.56 Å². The van der Waals surface area contributed by atoms with E-state index in [0.717, 1.165) is 34.1 Å². The second-order valence-electron chi connectivity index (χ2n) is 9.09. The van der Waals surface area contributed by atoms with E-state index >= 15 is 0 Å². The van der Waals surface area contributed by atoms with Crippen molar-refractivity contribution < 1.29 is 5.11 Å². The van der Waals surface area contributed by atoms with Crippen LogP contribution in [0.4, 0.5) is 0 Å². The van der Waals surface area contributed by atoms with Crippen molar-refractivity contribution in [2.45, 2.75) is 18.4 Å². The van der Waals surface area contributed by atoms with E-state index in [-0.39, 0.29) is 5.56 Å². The Morgan fingerprint density at radius 1 is 1.06 bits per heavy atom. The van der Waals surface area contributed by atoms with Gasteiger partial charge in [-0.1, -0.05) is 42.5 Å². The summed E-state index contributed by atoms with van der Waals surface area (Å²) in [4.78, 5) is 19.7. The molecule has 6 nitrogen and oxygen atoms in total. The quantitative estimate of drug-likeness (QED) is 0.394. The number of aromatic nitrogens is 3. The molecule has 0 spiro atoms. The van der Waals surface area contributed by atoms with E-state index < -0.39 is 5.60 Å². The fourth-order valence-electron chi connectivity index (χ4n) is 5.19. The van der Waals surface area contributed by atoms with Crippen LogP contribution in [0.2, 0.25) is 0 Å². The number of pyridine rings is 1. The molecule has 5 aromatic rings. The first-order valence-corrected chi connectivity index (χ1v) is 11.5. The summed E-state index contributed by atoms with van der Waals surface area (Å²) in [6, 6.07) is 23.2. The topological polar surface area (TPSA) is 94.7 Å². The Bertz CT molecular complexity index is 1720. The van der Waals surface area contributed by atoms with Crippen LogP contribution in [0.1, 0.15) is 33.5 Å². The summed E-state index contributed by atoms with van der Waals surface area (Å²) in [6.07, 6.45) is 4.69. The first kappa shape index (κ1) is 21.1. The molecule has 2 aromatic heterocycles. The van der Waals surface area contributed by atoms with Gasteiger partial charge in [-0.25, -0.2) is 4.98 Å². The highest BCUT2D eigenvalue weighted by atomic mass is 16.3. The van der Waals surface area contributed by atoms with Crippen molar-refractivity contribution in [3.05, 3.63) is 123 Å². The lowest BCUT2D eigenvalue weighted by Gasteiger charge is -2.30. The van der Waals surface area contributed by atoms with Crippen LogP contribution in [-0.4, -0.2) is 19.6 Å². The number of nitrogens with one attached hydrogen (secondary N) is 1. The standard InChI is InChI=1S/C29H22N4O2/c1-33-17-31-16-27(33)29(35)22-8-7-21(15-30)19(12-22)6-5-18-3-2-4-20(11-18)24-14-28(34)32-26-10-9-23(29)13-25(24)26/h2-4,7-14,16-17,35H,5-6H2,1H3,(H,32,34). The molecule has 0 aliphatic heterocycles. The highest BCUT2D eigenvalue weighted by Crippen LogP contribution is 2.40. The number of fused-ring (bicyclic) bond motifs is 6. The number of hydrogen-bond donors (Lipinski definition) is 2. The van der Waals surface area contributed by atoms with Gasteiger partial charge in [-0.05, 0) is 64.4 Å². The normalized spacial score (nSPS) is 16.8. The third-order valence-electron chi connectivity index (χ3n) is 7.01. The smallest absolute Gasteiger partial charge is 0.249 e. The van der Waals surface area contributed by atoms with Gasteiger partial charge in [0.15, 0.2) is 5.60 Å². The lowest BCUT2D eigenvalue weighted by Crippen LogP contribution is -2.31. The molecule has 1 aliphatic rings. The second-order valence-corrected chi connectivity index (χ2v) is 9.09. The minimum Gasteiger partial charge on any atom is -0.374 e. The van der Waals surface area contributed by atoms with Gasteiger partial charge in [-0.15, -0.1) is 0 Å². The molecule has 0 radical (unpaired) electrons. The minimum atomic E-state index is -1.53. The minimum absolute atomic E-state index is 0.179. The number of hydrogen-bond acceptors (Lipinski definition) is 4. The van der Waals surface area contributed by atoms with E-state index in [1.807, 2.05) is 49.5 Å². The Morgan fingerprint density at radius 2 is 1.89 bits per heavy atom. The SMILES string of the molecule is Cn1cncc1C1(O)c2ccc(C#N)c(c2)CCc2cccc(c2)-c2cc(=O)[nH]c3ccc1cc23. The molecule has 1 unspecified atom stereocenters. The third-order valence-corrected chi connectivity index (χ3v) is 7.01. The first-order valence-electron chi connectivity index (χ1n) is 11.5. The maximum absolute atomic E-state index is 12.5. The lowest BCUT2D eigenvalue weighted by atomic mass is 9.81. The molecular formula is C29H22N4O2. The molecule has 0 amide bonds. The lowest BCUT2D eigenvalue weighted by molar-refractivity contribution is 0.117. The zero-order valence-corrected chi connectivity index (χ0v) is 19.1. The molecule has 6 rings (SSSR count). The number of aromatic amines is 1. The molecule has 2 heterocycles. The van der Waals surface area contributed by atoms with Crippen molar-refractivity contribution in [3.63, 3.8) is 0 Å². The Morgan fingerprint density at radius 3 is 2.69 bits per heavy atom. The molecule has 1 atom stereocenters. The van der Waals surface area contributed by atoms with Crippen molar-refractivity contribution in [2.24, 2.45) is 7.05 Å². The molecule has 2 N–H and O–H groups in total. The number of H-pyrrole nitrogens is 1. The number of aryl methyl sites for hydroxylation is 3. The zero-order chi connectivity index (χ0) is 24.2. The van der Waals surface area contributed by atoms with Crippen LogP contribution in [0.5, 0.6) is 0 Å². The summed E-state index contributed by atoms with van der Waals surface area (Å²) in [6.45, 7) is 0. The van der Waals surface area contributed by atoms with Crippen LogP contribution in [0.25, 0.3) is 22.0 Å². The number of nitrogens with zero attached hydrogens (tertiary/aromatic N) is 3. The Labute approximate surface area is 201 Å². The van der Waals surface area contributed by atoms with E-state index in [4.69, 9.17) is 0 Å². The summed E-state index contributed by atoms with van der Waals surface area (Å²) >= 11 is 0. The van der Waals surface area contributed by atoms with Crippen LogP contribution >= 0.6 is 0 Å². The molecule has 35 heavy (non-hydrogen) atoms. The Balaban J connectivity index is 1.75. The fraction of sp³-hybridized carbons (Fsp3) is 0.138. The van der Waals surface area contributed by atoms with Gasteiger partial charge in [0, 0.05) is 24.0 Å². The predicted octanol–water partition coefficient (Wildman–Crippen LogP) is 4.18. The van der Waals surface area contributed by atoms with E-state index in [9.17, 15) is 15.2 Å². The molecule has 6 bridgehead atoms. The molecule has 0 saturated heterocycles. The third kappa shape index (κ3) is 3.29.